The molecule has 0 bridgehead atoms. The Labute approximate surface area is 121 Å². The summed E-state index contributed by atoms with van der Waals surface area (Å²) in [5, 5.41) is 0. The number of halogens is 2. The van der Waals surface area contributed by atoms with E-state index in [9.17, 15) is 13.6 Å². The lowest BCUT2D eigenvalue weighted by Gasteiger charge is -2.18. The zero-order valence-electron chi connectivity index (χ0n) is 12.1. The van der Waals surface area contributed by atoms with E-state index in [0.29, 0.717) is 13.1 Å². The first kappa shape index (κ1) is 15.2. The van der Waals surface area contributed by atoms with Crippen LogP contribution in [0.25, 0.3) is 11.0 Å². The summed E-state index contributed by atoms with van der Waals surface area (Å²) in [5.74, 6) is -1.42. The van der Waals surface area contributed by atoms with Crippen molar-refractivity contribution >= 4 is 22.9 Å². The number of nitrogens with zero attached hydrogens (tertiary/aromatic N) is 3. The molecular weight excluding hydrogens is 278 g/mol. The van der Waals surface area contributed by atoms with Gasteiger partial charge in [-0.25, -0.2) is 13.8 Å². The Bertz CT molecular complexity index is 665. The number of carbonyl (C=O) groups excluding carboxylic acids is 1. The summed E-state index contributed by atoms with van der Waals surface area (Å²) >= 11 is 0. The molecule has 0 aliphatic rings. The minimum Gasteiger partial charge on any atom is -0.369 e. The normalized spacial score (nSPS) is 11.0. The van der Waals surface area contributed by atoms with E-state index < -0.39 is 11.6 Å². The lowest BCUT2D eigenvalue weighted by Crippen LogP contribution is -2.31. The van der Waals surface area contributed by atoms with Gasteiger partial charge in [-0.2, -0.15) is 0 Å². The van der Waals surface area contributed by atoms with Crippen LogP contribution in [0.2, 0.25) is 0 Å². The lowest BCUT2D eigenvalue weighted by atomic mass is 10.3. The van der Waals surface area contributed by atoms with Gasteiger partial charge in [0.15, 0.2) is 5.82 Å². The molecule has 0 saturated heterocycles. The third kappa shape index (κ3) is 2.96. The highest BCUT2D eigenvalue weighted by atomic mass is 19.1. The Hall–Kier alpha value is -2.18. The van der Waals surface area contributed by atoms with Crippen molar-refractivity contribution in [1.82, 2.24) is 14.5 Å². The van der Waals surface area contributed by atoms with Crippen molar-refractivity contribution < 1.29 is 13.6 Å². The van der Waals surface area contributed by atoms with Crippen LogP contribution in [0.1, 0.15) is 20.3 Å². The Kier molecular flexibility index (Phi) is 4.40. The van der Waals surface area contributed by atoms with Crippen LogP contribution in [0.3, 0.4) is 0 Å². The molecule has 0 radical (unpaired) electrons. The summed E-state index contributed by atoms with van der Waals surface area (Å²) in [6.07, 6.45) is 0.204. The molecule has 0 saturated carbocycles. The van der Waals surface area contributed by atoms with E-state index in [0.717, 1.165) is 6.07 Å². The first-order chi connectivity index (χ1) is 9.97. The van der Waals surface area contributed by atoms with Crippen molar-refractivity contribution in [2.75, 3.05) is 18.8 Å². The van der Waals surface area contributed by atoms with Crippen molar-refractivity contribution in [1.29, 1.82) is 0 Å². The molecule has 21 heavy (non-hydrogen) atoms. The van der Waals surface area contributed by atoms with E-state index in [-0.39, 0.29) is 35.9 Å². The van der Waals surface area contributed by atoms with Gasteiger partial charge in [-0.3, -0.25) is 4.79 Å². The highest BCUT2D eigenvalue weighted by Crippen LogP contribution is 2.22. The average molecular weight is 296 g/mol. The minimum atomic E-state index is -0.759. The maximum atomic E-state index is 13.6. The maximum absolute atomic E-state index is 13.6. The van der Waals surface area contributed by atoms with Crippen LogP contribution in [0.15, 0.2) is 12.1 Å². The summed E-state index contributed by atoms with van der Waals surface area (Å²) in [6, 6.07) is 1.93. The second kappa shape index (κ2) is 6.07. The summed E-state index contributed by atoms with van der Waals surface area (Å²) in [5.41, 5.74) is 6.02. The molecule has 1 aromatic heterocycles. The summed E-state index contributed by atoms with van der Waals surface area (Å²) in [7, 11) is 0. The van der Waals surface area contributed by atoms with E-state index in [2.05, 4.69) is 4.98 Å². The maximum Gasteiger partial charge on any atom is 0.224 e. The molecule has 2 rings (SSSR count). The van der Waals surface area contributed by atoms with Gasteiger partial charge in [-0.05, 0) is 13.8 Å². The zero-order valence-corrected chi connectivity index (χ0v) is 12.1. The van der Waals surface area contributed by atoms with Gasteiger partial charge < -0.3 is 15.2 Å². The van der Waals surface area contributed by atoms with Gasteiger partial charge in [0.2, 0.25) is 11.9 Å². The van der Waals surface area contributed by atoms with Crippen molar-refractivity contribution in [2.45, 2.75) is 26.8 Å². The third-order valence-electron chi connectivity index (χ3n) is 3.47. The predicted octanol–water partition coefficient (Wildman–Crippen LogP) is 2.16. The van der Waals surface area contributed by atoms with Crippen LogP contribution in [0.4, 0.5) is 14.7 Å². The molecule has 0 spiro atoms. The molecule has 1 heterocycles. The van der Waals surface area contributed by atoms with Crippen molar-refractivity contribution in [3.8, 4) is 0 Å². The molecule has 0 aliphatic heterocycles. The number of carbonyl (C=O) groups is 1. The topological polar surface area (TPSA) is 64.2 Å². The van der Waals surface area contributed by atoms with E-state index in [4.69, 9.17) is 5.73 Å². The van der Waals surface area contributed by atoms with Crippen molar-refractivity contribution in [3.63, 3.8) is 0 Å². The number of hydrogen-bond acceptors (Lipinski definition) is 3. The average Bonchev–Trinajstić information content (AvgIpc) is 2.74. The monoisotopic (exact) mass is 296 g/mol. The van der Waals surface area contributed by atoms with Gasteiger partial charge >= 0.3 is 0 Å². The van der Waals surface area contributed by atoms with Gasteiger partial charge in [0.25, 0.3) is 0 Å². The highest BCUT2D eigenvalue weighted by Gasteiger charge is 2.16. The largest absolute Gasteiger partial charge is 0.369 e. The second-order valence-electron chi connectivity index (χ2n) is 4.69. The van der Waals surface area contributed by atoms with E-state index >= 15 is 0 Å². The van der Waals surface area contributed by atoms with Gasteiger partial charge in [-0.1, -0.05) is 0 Å². The number of nitrogens with two attached hydrogens (primary N) is 1. The zero-order chi connectivity index (χ0) is 15.6. The van der Waals surface area contributed by atoms with Crippen LogP contribution in [-0.2, 0) is 11.3 Å². The number of aromatic nitrogens is 2. The quantitative estimate of drug-likeness (QED) is 0.919. The smallest absolute Gasteiger partial charge is 0.224 e. The van der Waals surface area contributed by atoms with Gasteiger partial charge in [0, 0.05) is 38.2 Å². The molecule has 2 aromatic rings. The van der Waals surface area contributed by atoms with E-state index in [1.807, 2.05) is 13.8 Å². The molecule has 114 valence electrons. The number of nitrogen functional groups attached to an aromatic ring is 1. The minimum absolute atomic E-state index is 0.0178. The fourth-order valence-electron chi connectivity index (χ4n) is 2.34. The summed E-state index contributed by atoms with van der Waals surface area (Å²) in [6.45, 7) is 5.28. The lowest BCUT2D eigenvalue weighted by molar-refractivity contribution is -0.131. The molecule has 0 unspecified atom stereocenters. The third-order valence-corrected chi connectivity index (χ3v) is 3.47. The predicted molar refractivity (Wildman–Crippen MR) is 76.6 cm³/mol. The highest BCUT2D eigenvalue weighted by molar-refractivity contribution is 5.80. The number of imidazole rings is 1. The molecule has 0 fully saturated rings. The first-order valence-corrected chi connectivity index (χ1v) is 6.86. The molecule has 7 heteroatoms. The Balaban J connectivity index is 2.26. The van der Waals surface area contributed by atoms with E-state index in [1.54, 1.807) is 4.90 Å². The standard InChI is InChI=1S/C14H18F2N4O/c1-3-19(4-2)12(21)5-6-20-11-8-9(15)7-10(16)13(11)18-14(20)17/h7-8H,3-6H2,1-2H3,(H2,17,18). The fraction of sp³-hybridized carbons (Fsp3) is 0.429. The van der Waals surface area contributed by atoms with Gasteiger partial charge in [-0.15, -0.1) is 0 Å². The van der Waals surface area contributed by atoms with Gasteiger partial charge in [0.1, 0.15) is 11.3 Å². The number of fused-ring (bicyclic) bond motifs is 1. The Morgan fingerprint density at radius 2 is 2.00 bits per heavy atom. The van der Waals surface area contributed by atoms with Crippen LogP contribution in [-0.4, -0.2) is 33.4 Å². The number of hydrogen-bond donors (Lipinski definition) is 1. The van der Waals surface area contributed by atoms with Crippen molar-refractivity contribution in [2.24, 2.45) is 0 Å². The van der Waals surface area contributed by atoms with Crippen LogP contribution < -0.4 is 5.73 Å². The molecule has 1 aromatic carbocycles. The molecule has 5 nitrogen and oxygen atoms in total. The summed E-state index contributed by atoms with van der Waals surface area (Å²) in [4.78, 5) is 17.6. The van der Waals surface area contributed by atoms with E-state index in [1.165, 1.54) is 10.6 Å². The molecule has 0 atom stereocenters. The first-order valence-electron chi connectivity index (χ1n) is 6.86. The fourth-order valence-corrected chi connectivity index (χ4v) is 2.34. The number of anilines is 1. The molecule has 0 aliphatic carbocycles. The van der Waals surface area contributed by atoms with Crippen LogP contribution in [0, 0.1) is 11.6 Å². The molecule has 2 N–H and O–H groups in total. The van der Waals surface area contributed by atoms with Crippen molar-refractivity contribution in [3.05, 3.63) is 23.8 Å². The second-order valence-corrected chi connectivity index (χ2v) is 4.69. The van der Waals surface area contributed by atoms with Crippen LogP contribution >= 0.6 is 0 Å². The van der Waals surface area contributed by atoms with Crippen LogP contribution in [0.5, 0.6) is 0 Å². The number of rotatable bonds is 5. The Morgan fingerprint density at radius 3 is 2.62 bits per heavy atom. The summed E-state index contributed by atoms with van der Waals surface area (Å²) < 4.78 is 28.4. The number of benzene rings is 1. The number of aryl methyl sites for hydroxylation is 1. The number of amides is 1. The Morgan fingerprint density at radius 1 is 1.33 bits per heavy atom. The molecule has 1 amide bonds. The SMILES string of the molecule is CCN(CC)C(=O)CCn1c(N)nc2c(F)cc(F)cc21. The van der Waals surface area contributed by atoms with Gasteiger partial charge in [0.05, 0.1) is 5.52 Å². The molecular formula is C14H18F2N4O.